The molecular weight excluding hydrogens is 499 g/mol. The van der Waals surface area contributed by atoms with Gasteiger partial charge in [0.05, 0.1) is 0 Å². The maximum absolute atomic E-state index is 12.4. The quantitative estimate of drug-likeness (QED) is 0.293. The highest BCUT2D eigenvalue weighted by Gasteiger charge is 2.39. The van der Waals surface area contributed by atoms with Gasteiger partial charge in [-0.15, -0.1) is 24.0 Å². The van der Waals surface area contributed by atoms with Gasteiger partial charge in [0.15, 0.2) is 5.96 Å². The summed E-state index contributed by atoms with van der Waals surface area (Å²) in [6, 6.07) is 9.28. The van der Waals surface area contributed by atoms with Crippen molar-refractivity contribution in [2.45, 2.75) is 75.9 Å². The molecule has 0 saturated heterocycles. The van der Waals surface area contributed by atoms with Gasteiger partial charge in [0.1, 0.15) is 0 Å². The molecule has 3 aliphatic rings. The predicted molar refractivity (Wildman–Crippen MR) is 129 cm³/mol. The van der Waals surface area contributed by atoms with E-state index in [2.05, 4.69) is 40.0 Å². The molecule has 29 heavy (non-hydrogen) atoms. The molecule has 4 atom stereocenters. The second kappa shape index (κ2) is 10.3. The highest BCUT2D eigenvalue weighted by Crippen LogP contribution is 2.41. The number of guanidine groups is 1. The third-order valence-corrected chi connectivity index (χ3v) is 6.25. The van der Waals surface area contributed by atoms with Gasteiger partial charge < -0.3 is 16.0 Å². The number of rotatable bonds is 6. The first kappa shape index (κ1) is 22.7. The summed E-state index contributed by atoms with van der Waals surface area (Å²) >= 11 is 6.13. The molecule has 0 spiro atoms. The van der Waals surface area contributed by atoms with Gasteiger partial charge in [0.2, 0.25) is 5.91 Å². The summed E-state index contributed by atoms with van der Waals surface area (Å²) in [7, 11) is 0. The van der Waals surface area contributed by atoms with Crippen LogP contribution in [-0.2, 0) is 4.79 Å². The number of carbonyl (C=O) groups is 1. The Bertz CT molecular complexity index is 739. The molecule has 0 bridgehead atoms. The summed E-state index contributed by atoms with van der Waals surface area (Å²) < 4.78 is 0. The van der Waals surface area contributed by atoms with Gasteiger partial charge in [-0.05, 0) is 63.1 Å². The standard InChI is InChI=1S/C22H31ClN4O.HI/c1-2-24-22(27-20-13-19(20)14-5-3-7-16(23)11-14)26-18-8-4-6-15(12-18)21(28)25-17-9-10-17;/h3,5,7,11,15,17-20H,2,4,6,8-10,12-13H2,1H3,(H,25,28)(H2,24,26,27);1H. The van der Waals surface area contributed by atoms with Gasteiger partial charge in [-0.2, -0.15) is 0 Å². The molecular formula is C22H32ClIN4O. The lowest BCUT2D eigenvalue weighted by molar-refractivity contribution is -0.126. The summed E-state index contributed by atoms with van der Waals surface area (Å²) in [4.78, 5) is 17.1. The number of halogens is 2. The van der Waals surface area contributed by atoms with Crippen molar-refractivity contribution in [3.8, 4) is 0 Å². The van der Waals surface area contributed by atoms with Gasteiger partial charge in [-0.1, -0.05) is 30.2 Å². The van der Waals surface area contributed by atoms with Crippen LogP contribution in [0.25, 0.3) is 0 Å². The summed E-state index contributed by atoms with van der Waals surface area (Å²) in [6.07, 6.45) is 7.48. The zero-order chi connectivity index (χ0) is 19.5. The lowest BCUT2D eigenvalue weighted by Gasteiger charge is -2.30. The Morgan fingerprint density at radius 3 is 2.66 bits per heavy atom. The van der Waals surface area contributed by atoms with E-state index < -0.39 is 0 Å². The molecule has 3 N–H and O–H groups in total. The lowest BCUT2D eigenvalue weighted by atomic mass is 9.85. The van der Waals surface area contributed by atoms with Crippen LogP contribution in [0.5, 0.6) is 0 Å². The van der Waals surface area contributed by atoms with Crippen molar-refractivity contribution >= 4 is 47.4 Å². The Morgan fingerprint density at radius 2 is 1.93 bits per heavy atom. The fourth-order valence-corrected chi connectivity index (χ4v) is 4.42. The molecule has 0 heterocycles. The maximum atomic E-state index is 12.4. The van der Waals surface area contributed by atoms with Crippen LogP contribution in [0.2, 0.25) is 5.02 Å². The highest BCUT2D eigenvalue weighted by atomic mass is 127. The third-order valence-electron chi connectivity index (χ3n) is 6.02. The number of amides is 1. The number of nitrogens with zero attached hydrogens (tertiary/aromatic N) is 1. The number of aliphatic imine (C=N–C) groups is 1. The van der Waals surface area contributed by atoms with Gasteiger partial charge in [0, 0.05) is 41.5 Å². The van der Waals surface area contributed by atoms with E-state index in [0.29, 0.717) is 24.0 Å². The molecule has 0 aromatic heterocycles. The van der Waals surface area contributed by atoms with E-state index in [-0.39, 0.29) is 35.8 Å². The van der Waals surface area contributed by atoms with Crippen LogP contribution in [-0.4, -0.2) is 36.5 Å². The fraction of sp³-hybridized carbons (Fsp3) is 0.636. The molecule has 3 aliphatic carbocycles. The number of carbonyl (C=O) groups excluding carboxylic acids is 1. The zero-order valence-corrected chi connectivity index (χ0v) is 20.1. The van der Waals surface area contributed by atoms with E-state index in [0.717, 1.165) is 62.5 Å². The number of nitrogens with one attached hydrogen (secondary N) is 3. The summed E-state index contributed by atoms with van der Waals surface area (Å²) in [5, 5.41) is 11.1. The summed E-state index contributed by atoms with van der Waals surface area (Å²) in [5.74, 6) is 1.75. The van der Waals surface area contributed by atoms with Gasteiger partial charge >= 0.3 is 0 Å². The van der Waals surface area contributed by atoms with E-state index in [1.807, 2.05) is 12.1 Å². The Hall–Kier alpha value is -1.02. The molecule has 160 valence electrons. The smallest absolute Gasteiger partial charge is 0.223 e. The SMILES string of the molecule is CCN=C(NC1CCCC(C(=O)NC2CC2)C1)NC1CC1c1cccc(Cl)c1.I. The van der Waals surface area contributed by atoms with E-state index >= 15 is 0 Å². The van der Waals surface area contributed by atoms with Gasteiger partial charge in [-0.3, -0.25) is 9.79 Å². The number of hydrogen-bond acceptors (Lipinski definition) is 2. The van der Waals surface area contributed by atoms with E-state index in [4.69, 9.17) is 11.6 Å². The monoisotopic (exact) mass is 530 g/mol. The average molecular weight is 531 g/mol. The molecule has 1 amide bonds. The second-order valence-corrected chi connectivity index (χ2v) is 8.90. The second-order valence-electron chi connectivity index (χ2n) is 8.46. The van der Waals surface area contributed by atoms with Crippen LogP contribution in [0.3, 0.4) is 0 Å². The molecule has 4 unspecified atom stereocenters. The van der Waals surface area contributed by atoms with Crippen molar-refractivity contribution in [1.82, 2.24) is 16.0 Å². The van der Waals surface area contributed by atoms with Gasteiger partial charge in [0.25, 0.3) is 0 Å². The van der Waals surface area contributed by atoms with Crippen LogP contribution in [0.1, 0.15) is 63.4 Å². The highest BCUT2D eigenvalue weighted by molar-refractivity contribution is 14.0. The zero-order valence-electron chi connectivity index (χ0n) is 17.0. The normalized spacial score (nSPS) is 28.8. The first-order chi connectivity index (χ1) is 13.6. The van der Waals surface area contributed by atoms with Crippen molar-refractivity contribution in [3.05, 3.63) is 34.9 Å². The van der Waals surface area contributed by atoms with Crippen LogP contribution < -0.4 is 16.0 Å². The molecule has 7 heteroatoms. The van der Waals surface area contributed by atoms with Crippen molar-refractivity contribution in [2.75, 3.05) is 6.54 Å². The van der Waals surface area contributed by atoms with Crippen molar-refractivity contribution < 1.29 is 4.79 Å². The molecule has 1 aromatic carbocycles. The topological polar surface area (TPSA) is 65.5 Å². The van der Waals surface area contributed by atoms with Crippen LogP contribution in [0.15, 0.2) is 29.3 Å². The summed E-state index contributed by atoms with van der Waals surface area (Å²) in [5.41, 5.74) is 1.29. The molecule has 0 radical (unpaired) electrons. The molecule has 4 rings (SSSR count). The summed E-state index contributed by atoms with van der Waals surface area (Å²) in [6.45, 7) is 2.79. The van der Waals surface area contributed by atoms with Crippen molar-refractivity contribution in [1.29, 1.82) is 0 Å². The van der Waals surface area contributed by atoms with Crippen LogP contribution >= 0.6 is 35.6 Å². The number of benzene rings is 1. The third kappa shape index (κ3) is 6.48. The Labute approximate surface area is 195 Å². The largest absolute Gasteiger partial charge is 0.354 e. The number of hydrogen-bond donors (Lipinski definition) is 3. The first-order valence-electron chi connectivity index (χ1n) is 10.8. The fourth-order valence-electron chi connectivity index (χ4n) is 4.23. The van der Waals surface area contributed by atoms with Crippen LogP contribution in [0.4, 0.5) is 0 Å². The Kier molecular flexibility index (Phi) is 8.07. The van der Waals surface area contributed by atoms with Gasteiger partial charge in [-0.25, -0.2) is 0 Å². The lowest BCUT2D eigenvalue weighted by Crippen LogP contribution is -2.48. The van der Waals surface area contributed by atoms with E-state index in [1.54, 1.807) is 0 Å². The molecule has 1 aromatic rings. The first-order valence-corrected chi connectivity index (χ1v) is 11.1. The Balaban J connectivity index is 0.00000240. The minimum Gasteiger partial charge on any atom is -0.354 e. The average Bonchev–Trinajstić information content (AvgIpc) is 3.59. The van der Waals surface area contributed by atoms with Crippen molar-refractivity contribution in [2.24, 2.45) is 10.9 Å². The molecule has 3 fully saturated rings. The van der Waals surface area contributed by atoms with E-state index in [1.165, 1.54) is 5.56 Å². The predicted octanol–water partition coefficient (Wildman–Crippen LogP) is 4.21. The molecule has 3 saturated carbocycles. The molecule has 5 nitrogen and oxygen atoms in total. The Morgan fingerprint density at radius 1 is 1.10 bits per heavy atom. The van der Waals surface area contributed by atoms with Crippen LogP contribution in [0, 0.1) is 5.92 Å². The van der Waals surface area contributed by atoms with E-state index in [9.17, 15) is 4.79 Å². The minimum atomic E-state index is 0. The molecule has 0 aliphatic heterocycles. The minimum absolute atomic E-state index is 0. The van der Waals surface area contributed by atoms with Crippen molar-refractivity contribution in [3.63, 3.8) is 0 Å². The maximum Gasteiger partial charge on any atom is 0.223 e.